The molecule has 2 aliphatic carbocycles. The average molecular weight is 694 g/mol. The molecule has 48 heavy (non-hydrogen) atoms. The van der Waals surface area contributed by atoms with Gasteiger partial charge in [0, 0.05) is 29.9 Å². The smallest absolute Gasteiger partial charge is 0.746 e. The molecule has 0 spiro atoms. The van der Waals surface area contributed by atoms with Gasteiger partial charge >= 0.3 is 29.6 Å². The van der Waals surface area contributed by atoms with Gasteiger partial charge in [0.1, 0.15) is 27.9 Å². The number of carbonyl (C=O) groups is 4. The van der Waals surface area contributed by atoms with Crippen molar-refractivity contribution in [2.24, 2.45) is 29.1 Å². The molecule has 4 aliphatic rings. The van der Waals surface area contributed by atoms with E-state index in [0.717, 1.165) is 43.0 Å². The van der Waals surface area contributed by atoms with E-state index < -0.39 is 51.4 Å². The number of carbonyl (C=O) groups excluding carboxylic acids is 4. The molecule has 5 N–H and O–H groups in total. The SMILES string of the molecule is CC1(C)[C@@H]2[C@@H](C(=O)N[C@@H](C[C@@H]3CCCNC3=O)C(O)S(=O)(=O)[O-])N(C(=O)[C@@H](NC(=O)c3cc4ccccc4[nH]3)C3CCCCC3)C[C@@H]21.[Na+]. The van der Waals surface area contributed by atoms with Crippen molar-refractivity contribution in [3.63, 3.8) is 0 Å². The number of fused-ring (bicyclic) bond motifs is 2. The number of para-hydroxylation sites is 1. The molecule has 0 bridgehead atoms. The Morgan fingerprint density at radius 2 is 1.79 bits per heavy atom. The number of hydrogen-bond donors (Lipinski definition) is 5. The zero-order valence-electron chi connectivity index (χ0n) is 27.7. The zero-order valence-corrected chi connectivity index (χ0v) is 30.6. The van der Waals surface area contributed by atoms with Crippen LogP contribution >= 0.6 is 0 Å². The van der Waals surface area contributed by atoms with E-state index in [0.29, 0.717) is 25.1 Å². The van der Waals surface area contributed by atoms with E-state index in [4.69, 9.17) is 0 Å². The molecule has 1 aromatic heterocycles. The van der Waals surface area contributed by atoms with E-state index in [2.05, 4.69) is 20.9 Å². The third kappa shape index (κ3) is 7.34. The van der Waals surface area contributed by atoms with Crippen LogP contribution in [-0.2, 0) is 24.5 Å². The Morgan fingerprint density at radius 3 is 2.46 bits per heavy atom. The summed E-state index contributed by atoms with van der Waals surface area (Å²) in [6.07, 6.45) is 5.14. The summed E-state index contributed by atoms with van der Waals surface area (Å²) in [5.41, 5.74) is -1.64. The molecule has 6 rings (SSSR count). The quantitative estimate of drug-likeness (QED) is 0.148. The van der Waals surface area contributed by atoms with Crippen LogP contribution in [0.25, 0.3) is 10.9 Å². The third-order valence-electron chi connectivity index (χ3n) is 11.1. The number of likely N-dealkylation sites (tertiary alicyclic amines) is 1. The summed E-state index contributed by atoms with van der Waals surface area (Å²) in [4.78, 5) is 59.2. The van der Waals surface area contributed by atoms with Crippen LogP contribution < -0.4 is 45.5 Å². The number of aromatic nitrogens is 1. The second-order valence-corrected chi connectivity index (χ2v) is 15.8. The first-order valence-electron chi connectivity index (χ1n) is 16.7. The van der Waals surface area contributed by atoms with Crippen LogP contribution in [0.4, 0.5) is 0 Å². The van der Waals surface area contributed by atoms with E-state index in [1.807, 2.05) is 38.1 Å². The predicted octanol–water partition coefficient (Wildman–Crippen LogP) is -1.40. The normalized spacial score (nSPS) is 27.2. The summed E-state index contributed by atoms with van der Waals surface area (Å²) < 4.78 is 35.8. The second kappa shape index (κ2) is 14.4. The first-order valence-corrected chi connectivity index (χ1v) is 18.1. The number of H-pyrrole nitrogens is 1. The summed E-state index contributed by atoms with van der Waals surface area (Å²) in [6, 6.07) is 5.77. The first-order chi connectivity index (χ1) is 22.3. The molecule has 4 fully saturated rings. The molecule has 2 saturated carbocycles. The summed E-state index contributed by atoms with van der Waals surface area (Å²) in [5, 5.41) is 19.7. The minimum atomic E-state index is -5.24. The predicted molar refractivity (Wildman–Crippen MR) is 170 cm³/mol. The van der Waals surface area contributed by atoms with Crippen molar-refractivity contribution in [2.75, 3.05) is 13.1 Å². The topological polar surface area (TPSA) is 201 Å². The van der Waals surface area contributed by atoms with Crippen molar-refractivity contribution >= 4 is 44.6 Å². The van der Waals surface area contributed by atoms with Crippen molar-refractivity contribution in [2.45, 2.75) is 88.8 Å². The molecule has 0 radical (unpaired) electrons. The molecule has 3 heterocycles. The molecule has 256 valence electrons. The van der Waals surface area contributed by atoms with E-state index in [1.165, 1.54) is 4.90 Å². The van der Waals surface area contributed by atoms with Crippen molar-refractivity contribution in [3.8, 4) is 0 Å². The van der Waals surface area contributed by atoms with Gasteiger partial charge in [-0.3, -0.25) is 19.2 Å². The molecule has 2 saturated heterocycles. The maximum Gasteiger partial charge on any atom is 1.00 e. The number of nitrogens with one attached hydrogen (secondary N) is 4. The fraction of sp³-hybridized carbons (Fsp3) is 0.636. The molecule has 4 amide bonds. The van der Waals surface area contributed by atoms with Crippen molar-refractivity contribution < 1.29 is 66.8 Å². The number of amides is 4. The molecular formula is C33H44N5NaO8S. The van der Waals surface area contributed by atoms with Crippen molar-refractivity contribution in [1.29, 1.82) is 0 Å². The number of aromatic amines is 1. The Bertz CT molecular complexity index is 1620. The number of piperidine rings is 2. The zero-order chi connectivity index (χ0) is 33.7. The average Bonchev–Trinajstić information content (AvgIpc) is 3.41. The number of benzene rings is 1. The van der Waals surface area contributed by atoms with Gasteiger partial charge < -0.3 is 35.5 Å². The van der Waals surface area contributed by atoms with Crippen LogP contribution in [0.5, 0.6) is 0 Å². The minimum Gasteiger partial charge on any atom is -0.746 e. The largest absolute Gasteiger partial charge is 1.00 e. The molecule has 15 heteroatoms. The fourth-order valence-electron chi connectivity index (χ4n) is 8.34. The van der Waals surface area contributed by atoms with Gasteiger partial charge in [-0.05, 0) is 67.4 Å². The van der Waals surface area contributed by atoms with Crippen LogP contribution in [0.3, 0.4) is 0 Å². The van der Waals surface area contributed by atoms with E-state index in [-0.39, 0.29) is 77.5 Å². The van der Waals surface area contributed by atoms with Crippen LogP contribution in [0.15, 0.2) is 30.3 Å². The number of nitrogens with zero attached hydrogens (tertiary/aromatic N) is 1. The van der Waals surface area contributed by atoms with E-state index in [9.17, 15) is 37.3 Å². The monoisotopic (exact) mass is 693 g/mol. The Balaban J connectivity index is 0.00000451. The summed E-state index contributed by atoms with van der Waals surface area (Å²) >= 11 is 0. The van der Waals surface area contributed by atoms with Gasteiger partial charge in [0.15, 0.2) is 5.44 Å². The van der Waals surface area contributed by atoms with Crippen LogP contribution in [-0.4, -0.2) is 88.2 Å². The molecule has 13 nitrogen and oxygen atoms in total. The Morgan fingerprint density at radius 1 is 1.08 bits per heavy atom. The van der Waals surface area contributed by atoms with Gasteiger partial charge in [0.2, 0.25) is 17.7 Å². The van der Waals surface area contributed by atoms with Crippen molar-refractivity contribution in [3.05, 3.63) is 36.0 Å². The van der Waals surface area contributed by atoms with Crippen LogP contribution in [0.1, 0.15) is 75.7 Å². The maximum absolute atomic E-state index is 14.5. The van der Waals surface area contributed by atoms with Crippen LogP contribution in [0.2, 0.25) is 0 Å². The molecule has 2 aliphatic heterocycles. The summed E-state index contributed by atoms with van der Waals surface area (Å²) in [5.74, 6) is -2.93. The Kier molecular flexibility index (Phi) is 11.0. The van der Waals surface area contributed by atoms with Crippen LogP contribution in [0, 0.1) is 29.1 Å². The van der Waals surface area contributed by atoms with Gasteiger partial charge in [-0.1, -0.05) is 51.3 Å². The minimum absolute atomic E-state index is 0. The summed E-state index contributed by atoms with van der Waals surface area (Å²) in [6.45, 7) is 4.74. The molecule has 2 aromatic rings. The molecule has 7 atom stereocenters. The van der Waals surface area contributed by atoms with E-state index in [1.54, 1.807) is 6.07 Å². The maximum atomic E-state index is 14.5. The van der Waals surface area contributed by atoms with Gasteiger partial charge in [-0.25, -0.2) is 8.42 Å². The van der Waals surface area contributed by atoms with Crippen molar-refractivity contribution in [1.82, 2.24) is 25.8 Å². The number of aliphatic hydroxyl groups excluding tert-OH is 1. The second-order valence-electron chi connectivity index (χ2n) is 14.4. The third-order valence-corrected chi connectivity index (χ3v) is 12.0. The number of rotatable bonds is 10. The summed E-state index contributed by atoms with van der Waals surface area (Å²) in [7, 11) is -5.24. The number of hydrogen-bond acceptors (Lipinski definition) is 8. The number of aliphatic hydroxyl groups is 1. The van der Waals surface area contributed by atoms with E-state index >= 15 is 0 Å². The molecular weight excluding hydrogens is 649 g/mol. The van der Waals surface area contributed by atoms with Gasteiger partial charge in [-0.2, -0.15) is 0 Å². The first kappa shape index (κ1) is 36.8. The standard InChI is InChI=1S/C33H45N5O8S.Na/c1-33(2)21-17-38(27(25(21)33)30(41)36-24(32(43)47(44,45)46)16-20-12-8-14-34-28(20)39)31(42)26(18-9-4-3-5-10-18)37-29(40)23-15-19-11-6-7-13-22(19)35-23;/h6-7,11,13,15,18,20-21,24-27,32,35,43H,3-5,8-10,12,14,16-17H2,1-2H3,(H,34,39)(H,36,41)(H,37,40)(H,44,45,46);/q;+1/p-1/t20-,21-,24-,25-,26-,27-,32?;/m0./s1. The van der Waals surface area contributed by atoms with Gasteiger partial charge in [0.25, 0.3) is 5.91 Å². The van der Waals surface area contributed by atoms with Gasteiger partial charge in [-0.15, -0.1) is 0 Å². The molecule has 1 unspecified atom stereocenters. The molecule has 1 aromatic carbocycles. The Hall–Kier alpha value is -2.49. The fourth-order valence-corrected chi connectivity index (χ4v) is 8.92. The Labute approximate surface area is 302 Å². The van der Waals surface area contributed by atoms with Gasteiger partial charge in [0.05, 0.1) is 6.04 Å².